The summed E-state index contributed by atoms with van der Waals surface area (Å²) in [4.78, 5) is 12.7. The number of nitrogens with zero attached hydrogens (tertiary/aromatic N) is 1. The van der Waals surface area contributed by atoms with Crippen molar-refractivity contribution in [1.29, 1.82) is 0 Å². The molecule has 1 heterocycles. The zero-order valence-corrected chi connectivity index (χ0v) is 15.6. The van der Waals surface area contributed by atoms with Gasteiger partial charge in [0.2, 0.25) is 0 Å². The topological polar surface area (TPSA) is 73.6 Å². The molecule has 2 aromatic carbocycles. The number of aryl methyl sites for hydroxylation is 2. The van der Waals surface area contributed by atoms with E-state index in [0.717, 1.165) is 17.0 Å². The molecule has 1 amide bonds. The van der Waals surface area contributed by atoms with E-state index in [1.807, 2.05) is 39.0 Å². The van der Waals surface area contributed by atoms with Gasteiger partial charge in [0.15, 0.2) is 0 Å². The number of nitrogens with one attached hydrogen (secondary N) is 1. The van der Waals surface area contributed by atoms with E-state index in [1.165, 1.54) is 0 Å². The second-order valence-corrected chi connectivity index (χ2v) is 6.00. The molecular weight excluding hydrogens is 344 g/mol. The molecule has 140 valence electrons. The van der Waals surface area contributed by atoms with Gasteiger partial charge >= 0.3 is 0 Å². The van der Waals surface area contributed by atoms with Crippen molar-refractivity contribution in [2.75, 3.05) is 11.9 Å². The molecule has 3 rings (SSSR count). The first-order valence-corrected chi connectivity index (χ1v) is 8.76. The number of amides is 1. The first kappa shape index (κ1) is 18.5. The van der Waals surface area contributed by atoms with Crippen LogP contribution in [-0.4, -0.2) is 17.7 Å². The van der Waals surface area contributed by atoms with Crippen LogP contribution in [0.2, 0.25) is 0 Å². The van der Waals surface area contributed by atoms with E-state index in [4.69, 9.17) is 14.0 Å². The van der Waals surface area contributed by atoms with E-state index in [1.54, 1.807) is 30.3 Å². The molecule has 0 fully saturated rings. The first-order valence-electron chi connectivity index (χ1n) is 8.76. The third kappa shape index (κ3) is 4.47. The molecule has 3 aromatic rings. The fraction of sp³-hybridized carbons (Fsp3) is 0.238. The van der Waals surface area contributed by atoms with Gasteiger partial charge in [0, 0.05) is 5.69 Å². The van der Waals surface area contributed by atoms with Gasteiger partial charge in [-0.1, -0.05) is 17.3 Å². The number of ether oxygens (including phenoxy) is 2. The van der Waals surface area contributed by atoms with Crippen molar-refractivity contribution in [2.45, 2.75) is 27.4 Å². The van der Waals surface area contributed by atoms with E-state index < -0.39 is 0 Å². The SMILES string of the molecule is CCOc1ccc(NC(=O)c2ccccc2OCc2c(C)noc2C)cc1. The monoisotopic (exact) mass is 366 g/mol. The van der Waals surface area contributed by atoms with Gasteiger partial charge in [0.05, 0.1) is 23.4 Å². The van der Waals surface area contributed by atoms with Crippen molar-refractivity contribution in [2.24, 2.45) is 0 Å². The summed E-state index contributed by atoms with van der Waals surface area (Å²) in [5.41, 5.74) is 2.81. The van der Waals surface area contributed by atoms with Gasteiger partial charge in [0.1, 0.15) is 23.9 Å². The lowest BCUT2D eigenvalue weighted by Crippen LogP contribution is -2.13. The highest BCUT2D eigenvalue weighted by Crippen LogP contribution is 2.23. The molecule has 0 aliphatic carbocycles. The van der Waals surface area contributed by atoms with Crippen LogP contribution in [0.4, 0.5) is 5.69 Å². The summed E-state index contributed by atoms with van der Waals surface area (Å²) in [5, 5.41) is 6.80. The average Bonchev–Trinajstić information content (AvgIpc) is 3.00. The molecule has 0 saturated carbocycles. The Balaban J connectivity index is 1.71. The summed E-state index contributed by atoms with van der Waals surface area (Å²) in [6.45, 7) is 6.51. The molecule has 6 heteroatoms. The van der Waals surface area contributed by atoms with Crippen molar-refractivity contribution in [3.05, 3.63) is 71.1 Å². The maximum Gasteiger partial charge on any atom is 0.259 e. The van der Waals surface area contributed by atoms with Crippen LogP contribution in [-0.2, 0) is 6.61 Å². The van der Waals surface area contributed by atoms with Crippen LogP contribution in [0, 0.1) is 13.8 Å². The highest BCUT2D eigenvalue weighted by Gasteiger charge is 2.15. The van der Waals surface area contributed by atoms with Crippen molar-refractivity contribution in [3.8, 4) is 11.5 Å². The summed E-state index contributed by atoms with van der Waals surface area (Å²) in [5.74, 6) is 1.73. The van der Waals surface area contributed by atoms with Crippen molar-refractivity contribution < 1.29 is 18.8 Å². The van der Waals surface area contributed by atoms with Gasteiger partial charge in [-0.3, -0.25) is 4.79 Å². The lowest BCUT2D eigenvalue weighted by molar-refractivity contribution is 0.102. The van der Waals surface area contributed by atoms with Gasteiger partial charge in [-0.25, -0.2) is 0 Å². The van der Waals surface area contributed by atoms with Gasteiger partial charge in [-0.15, -0.1) is 0 Å². The maximum absolute atomic E-state index is 12.7. The van der Waals surface area contributed by atoms with E-state index in [-0.39, 0.29) is 12.5 Å². The van der Waals surface area contributed by atoms with Gasteiger partial charge in [0.25, 0.3) is 5.91 Å². The Morgan fingerprint density at radius 1 is 1.07 bits per heavy atom. The van der Waals surface area contributed by atoms with Crippen molar-refractivity contribution >= 4 is 11.6 Å². The van der Waals surface area contributed by atoms with E-state index in [2.05, 4.69) is 10.5 Å². The van der Waals surface area contributed by atoms with E-state index in [0.29, 0.717) is 29.4 Å². The zero-order chi connectivity index (χ0) is 19.2. The molecule has 0 atom stereocenters. The highest BCUT2D eigenvalue weighted by molar-refractivity contribution is 6.06. The molecule has 0 saturated heterocycles. The summed E-state index contributed by atoms with van der Waals surface area (Å²) in [6.07, 6.45) is 0. The Morgan fingerprint density at radius 2 is 1.81 bits per heavy atom. The molecule has 1 N–H and O–H groups in total. The molecule has 27 heavy (non-hydrogen) atoms. The number of carbonyl (C=O) groups excluding carboxylic acids is 1. The summed E-state index contributed by atoms with van der Waals surface area (Å²) >= 11 is 0. The van der Waals surface area contributed by atoms with Crippen LogP contribution < -0.4 is 14.8 Å². The second kappa shape index (κ2) is 8.40. The fourth-order valence-electron chi connectivity index (χ4n) is 2.64. The summed E-state index contributed by atoms with van der Waals surface area (Å²) < 4.78 is 16.4. The molecule has 6 nitrogen and oxygen atoms in total. The Morgan fingerprint density at radius 3 is 2.48 bits per heavy atom. The van der Waals surface area contributed by atoms with E-state index >= 15 is 0 Å². The zero-order valence-electron chi connectivity index (χ0n) is 15.6. The molecule has 1 aromatic heterocycles. The fourth-order valence-corrected chi connectivity index (χ4v) is 2.64. The first-order chi connectivity index (χ1) is 13.1. The predicted molar refractivity (Wildman–Crippen MR) is 102 cm³/mol. The lowest BCUT2D eigenvalue weighted by Gasteiger charge is -2.12. The summed E-state index contributed by atoms with van der Waals surface area (Å²) in [6, 6.07) is 14.4. The number of para-hydroxylation sites is 1. The Hall–Kier alpha value is -3.28. The second-order valence-electron chi connectivity index (χ2n) is 6.00. The number of anilines is 1. The Kier molecular flexibility index (Phi) is 5.76. The lowest BCUT2D eigenvalue weighted by atomic mass is 10.1. The van der Waals surface area contributed by atoms with Crippen LogP contribution in [0.15, 0.2) is 53.1 Å². The third-order valence-electron chi connectivity index (χ3n) is 4.11. The maximum atomic E-state index is 12.7. The van der Waals surface area contributed by atoms with E-state index in [9.17, 15) is 4.79 Å². The van der Waals surface area contributed by atoms with Crippen LogP contribution in [0.25, 0.3) is 0 Å². The minimum absolute atomic E-state index is 0.242. The van der Waals surface area contributed by atoms with Crippen molar-refractivity contribution in [3.63, 3.8) is 0 Å². The van der Waals surface area contributed by atoms with Gasteiger partial charge < -0.3 is 19.3 Å². The smallest absolute Gasteiger partial charge is 0.259 e. The Bertz CT molecular complexity index is 897. The molecule has 0 aliphatic heterocycles. The number of aromatic nitrogens is 1. The molecule has 0 bridgehead atoms. The van der Waals surface area contributed by atoms with Gasteiger partial charge in [-0.05, 0) is 57.2 Å². The molecule has 0 radical (unpaired) electrons. The van der Waals surface area contributed by atoms with Crippen molar-refractivity contribution in [1.82, 2.24) is 5.16 Å². The largest absolute Gasteiger partial charge is 0.494 e. The Labute approximate surface area is 158 Å². The number of hydrogen-bond donors (Lipinski definition) is 1. The number of carbonyl (C=O) groups is 1. The van der Waals surface area contributed by atoms with Crippen LogP contribution in [0.3, 0.4) is 0 Å². The minimum Gasteiger partial charge on any atom is -0.494 e. The third-order valence-corrected chi connectivity index (χ3v) is 4.11. The number of hydrogen-bond acceptors (Lipinski definition) is 5. The molecule has 0 spiro atoms. The minimum atomic E-state index is -0.242. The molecular formula is C21H22N2O4. The summed E-state index contributed by atoms with van der Waals surface area (Å²) in [7, 11) is 0. The quantitative estimate of drug-likeness (QED) is 0.665. The number of rotatable bonds is 7. The normalized spacial score (nSPS) is 10.5. The average molecular weight is 366 g/mol. The van der Waals surface area contributed by atoms with Crippen LogP contribution in [0.1, 0.15) is 34.3 Å². The standard InChI is InChI=1S/C21H22N2O4/c1-4-25-17-11-9-16(10-12-17)22-21(24)18-7-5-6-8-20(18)26-13-19-14(2)23-27-15(19)3/h5-12H,4,13H2,1-3H3,(H,22,24). The molecule has 0 unspecified atom stereocenters. The molecule has 0 aliphatic rings. The predicted octanol–water partition coefficient (Wildman–Crippen LogP) is 4.52. The van der Waals surface area contributed by atoms with Crippen LogP contribution >= 0.6 is 0 Å². The number of benzene rings is 2. The van der Waals surface area contributed by atoms with Gasteiger partial charge in [-0.2, -0.15) is 0 Å². The van der Waals surface area contributed by atoms with Crippen LogP contribution in [0.5, 0.6) is 11.5 Å². The highest BCUT2D eigenvalue weighted by atomic mass is 16.5.